The van der Waals surface area contributed by atoms with E-state index in [0.717, 1.165) is 25.9 Å². The van der Waals surface area contributed by atoms with Crippen LogP contribution >= 0.6 is 0 Å². The fraction of sp³-hybridized carbons (Fsp3) is 0.429. The second kappa shape index (κ2) is 5.73. The number of nitrogens with zero attached hydrogens (tertiary/aromatic N) is 1. The molecule has 0 saturated carbocycles. The van der Waals surface area contributed by atoms with Gasteiger partial charge in [0.05, 0.1) is 5.69 Å². The number of hydrogen-bond acceptors (Lipinski definition) is 2. The van der Waals surface area contributed by atoms with Crippen molar-refractivity contribution in [2.75, 3.05) is 18.4 Å². The molecule has 4 N–H and O–H groups in total. The van der Waals surface area contributed by atoms with Crippen molar-refractivity contribution >= 4 is 17.6 Å². The van der Waals surface area contributed by atoms with Crippen molar-refractivity contribution in [1.82, 2.24) is 4.90 Å². The number of rotatable bonds is 2. The molecule has 0 unspecified atom stereocenters. The molecule has 0 spiro atoms. The first-order valence-electron chi connectivity index (χ1n) is 6.57. The van der Waals surface area contributed by atoms with E-state index in [4.69, 9.17) is 11.1 Å². The summed E-state index contributed by atoms with van der Waals surface area (Å²) in [6, 6.07) is 7.01. The van der Waals surface area contributed by atoms with E-state index >= 15 is 0 Å². The van der Waals surface area contributed by atoms with Crippen LogP contribution in [0.2, 0.25) is 0 Å². The maximum absolute atomic E-state index is 12.2. The minimum absolute atomic E-state index is 0.0387. The lowest BCUT2D eigenvalue weighted by atomic mass is 10.00. The van der Waals surface area contributed by atoms with Crippen LogP contribution in [-0.4, -0.2) is 29.9 Å². The SMILES string of the molecule is CC1CCN(C(=O)Nc2ccccc2C(=N)N)CC1. The molecule has 0 aliphatic carbocycles. The number of benzene rings is 1. The molecule has 0 bridgehead atoms. The molecule has 1 aromatic carbocycles. The number of carbonyl (C=O) groups excluding carboxylic acids is 1. The Kier molecular flexibility index (Phi) is 4.04. The van der Waals surface area contributed by atoms with Gasteiger partial charge in [0.25, 0.3) is 0 Å². The van der Waals surface area contributed by atoms with Crippen LogP contribution in [0.1, 0.15) is 25.3 Å². The van der Waals surface area contributed by atoms with Gasteiger partial charge in [-0.3, -0.25) is 5.41 Å². The summed E-state index contributed by atoms with van der Waals surface area (Å²) in [5, 5.41) is 10.3. The van der Waals surface area contributed by atoms with Gasteiger partial charge in [-0.1, -0.05) is 19.1 Å². The lowest BCUT2D eigenvalue weighted by Gasteiger charge is -2.30. The van der Waals surface area contributed by atoms with E-state index < -0.39 is 0 Å². The maximum atomic E-state index is 12.2. The van der Waals surface area contributed by atoms with Crippen molar-refractivity contribution in [2.45, 2.75) is 19.8 Å². The zero-order valence-electron chi connectivity index (χ0n) is 11.1. The van der Waals surface area contributed by atoms with Crippen molar-refractivity contribution in [3.8, 4) is 0 Å². The number of hydrogen-bond donors (Lipinski definition) is 3. The molecule has 1 saturated heterocycles. The lowest BCUT2D eigenvalue weighted by Crippen LogP contribution is -2.40. The van der Waals surface area contributed by atoms with Crippen molar-refractivity contribution in [3.63, 3.8) is 0 Å². The molecule has 102 valence electrons. The van der Waals surface area contributed by atoms with Gasteiger partial charge in [0.15, 0.2) is 0 Å². The van der Waals surface area contributed by atoms with Gasteiger partial charge in [-0.25, -0.2) is 4.79 Å². The predicted molar refractivity (Wildman–Crippen MR) is 76.4 cm³/mol. The highest BCUT2D eigenvalue weighted by molar-refractivity contribution is 6.03. The van der Waals surface area contributed by atoms with Gasteiger partial charge in [0, 0.05) is 18.7 Å². The molecule has 5 heteroatoms. The van der Waals surface area contributed by atoms with Crippen LogP contribution in [0.25, 0.3) is 0 Å². The summed E-state index contributed by atoms with van der Waals surface area (Å²) in [7, 11) is 0. The molecule has 1 heterocycles. The molecule has 1 fully saturated rings. The standard InChI is InChI=1S/C14H20N4O/c1-10-6-8-18(9-7-10)14(19)17-12-5-3-2-4-11(12)13(15)16/h2-5,10H,6-9H2,1H3,(H3,15,16)(H,17,19). The van der Waals surface area contributed by atoms with Crippen LogP contribution in [0.4, 0.5) is 10.5 Å². The van der Waals surface area contributed by atoms with Crippen molar-refractivity contribution in [1.29, 1.82) is 5.41 Å². The minimum Gasteiger partial charge on any atom is -0.384 e. The molecule has 0 aromatic heterocycles. The van der Waals surface area contributed by atoms with Crippen molar-refractivity contribution in [2.24, 2.45) is 11.7 Å². The maximum Gasteiger partial charge on any atom is 0.321 e. The second-order valence-electron chi connectivity index (χ2n) is 5.06. The summed E-state index contributed by atoms with van der Waals surface area (Å²) < 4.78 is 0. The van der Waals surface area contributed by atoms with Gasteiger partial charge < -0.3 is 16.0 Å². The van der Waals surface area contributed by atoms with E-state index in [-0.39, 0.29) is 11.9 Å². The Morgan fingerprint density at radius 1 is 1.37 bits per heavy atom. The molecule has 2 amide bonds. The number of urea groups is 1. The molecule has 0 atom stereocenters. The average Bonchev–Trinajstić information content (AvgIpc) is 2.39. The summed E-state index contributed by atoms with van der Waals surface area (Å²) in [5.74, 6) is 0.650. The molecule has 0 radical (unpaired) electrons. The smallest absolute Gasteiger partial charge is 0.321 e. The van der Waals surface area contributed by atoms with Gasteiger partial charge >= 0.3 is 6.03 Å². The third-order valence-corrected chi connectivity index (χ3v) is 3.53. The molecular formula is C14H20N4O. The zero-order valence-corrected chi connectivity index (χ0v) is 11.1. The van der Waals surface area contributed by atoms with Gasteiger partial charge in [0.2, 0.25) is 0 Å². The number of nitrogens with one attached hydrogen (secondary N) is 2. The molecule has 19 heavy (non-hydrogen) atoms. The molecule has 2 rings (SSSR count). The number of anilines is 1. The van der Waals surface area contributed by atoms with Crippen LogP contribution in [0.3, 0.4) is 0 Å². The molecule has 1 aromatic rings. The Morgan fingerprint density at radius 2 is 2.00 bits per heavy atom. The highest BCUT2D eigenvalue weighted by Crippen LogP contribution is 2.19. The van der Waals surface area contributed by atoms with E-state index in [0.29, 0.717) is 17.2 Å². The highest BCUT2D eigenvalue weighted by Gasteiger charge is 2.20. The number of carbonyl (C=O) groups is 1. The average molecular weight is 260 g/mol. The highest BCUT2D eigenvalue weighted by atomic mass is 16.2. The first-order valence-corrected chi connectivity index (χ1v) is 6.57. The third kappa shape index (κ3) is 3.24. The van der Waals surface area contributed by atoms with Gasteiger partial charge in [-0.05, 0) is 30.9 Å². The number of amides is 2. The Labute approximate surface area is 113 Å². The minimum atomic E-state index is -0.111. The van der Waals surface area contributed by atoms with E-state index in [1.54, 1.807) is 18.2 Å². The van der Waals surface area contributed by atoms with E-state index in [1.165, 1.54) is 0 Å². The second-order valence-corrected chi connectivity index (χ2v) is 5.06. The van der Waals surface area contributed by atoms with Gasteiger partial charge in [-0.2, -0.15) is 0 Å². The Hall–Kier alpha value is -2.04. The van der Waals surface area contributed by atoms with Gasteiger partial charge in [-0.15, -0.1) is 0 Å². The van der Waals surface area contributed by atoms with E-state index in [2.05, 4.69) is 12.2 Å². The van der Waals surface area contributed by atoms with Crippen molar-refractivity contribution < 1.29 is 4.79 Å². The lowest BCUT2D eigenvalue weighted by molar-refractivity contribution is 0.186. The molecule has 1 aliphatic heterocycles. The number of likely N-dealkylation sites (tertiary alicyclic amines) is 1. The number of para-hydroxylation sites is 1. The van der Waals surface area contributed by atoms with Crippen LogP contribution in [0.5, 0.6) is 0 Å². The molecule has 1 aliphatic rings. The first kappa shape index (κ1) is 13.4. The summed E-state index contributed by atoms with van der Waals surface area (Å²) in [6.45, 7) is 3.78. The van der Waals surface area contributed by atoms with Gasteiger partial charge in [0.1, 0.15) is 5.84 Å². The molecular weight excluding hydrogens is 240 g/mol. The van der Waals surface area contributed by atoms with Crippen LogP contribution in [-0.2, 0) is 0 Å². The number of nitrogens with two attached hydrogens (primary N) is 1. The quantitative estimate of drug-likeness (QED) is 0.563. The van der Waals surface area contributed by atoms with Crippen LogP contribution in [0, 0.1) is 11.3 Å². The fourth-order valence-corrected chi connectivity index (χ4v) is 2.23. The molecule has 5 nitrogen and oxygen atoms in total. The summed E-state index contributed by atoms with van der Waals surface area (Å²) in [6.07, 6.45) is 2.09. The van der Waals surface area contributed by atoms with Crippen molar-refractivity contribution in [3.05, 3.63) is 29.8 Å². The summed E-state index contributed by atoms with van der Waals surface area (Å²) in [5.41, 5.74) is 6.66. The predicted octanol–water partition coefficient (Wildman–Crippen LogP) is 2.23. The topological polar surface area (TPSA) is 82.2 Å². The van der Waals surface area contributed by atoms with E-state index in [9.17, 15) is 4.79 Å². The number of nitrogen functional groups attached to an aromatic ring is 1. The summed E-state index contributed by atoms with van der Waals surface area (Å²) in [4.78, 5) is 14.0. The zero-order chi connectivity index (χ0) is 13.8. The number of amidine groups is 1. The van der Waals surface area contributed by atoms with E-state index in [1.807, 2.05) is 11.0 Å². The monoisotopic (exact) mass is 260 g/mol. The Balaban J connectivity index is 2.05. The summed E-state index contributed by atoms with van der Waals surface area (Å²) >= 11 is 0. The van der Waals surface area contributed by atoms with Crippen LogP contribution in [0.15, 0.2) is 24.3 Å². The normalized spacial score (nSPS) is 16.2. The first-order chi connectivity index (χ1) is 9.08. The Morgan fingerprint density at radius 3 is 2.63 bits per heavy atom. The largest absolute Gasteiger partial charge is 0.384 e. The Bertz CT molecular complexity index is 478. The fourth-order valence-electron chi connectivity index (χ4n) is 2.23. The number of piperidine rings is 1. The third-order valence-electron chi connectivity index (χ3n) is 3.53. The van der Waals surface area contributed by atoms with Crippen LogP contribution < -0.4 is 11.1 Å².